The van der Waals surface area contributed by atoms with Crippen LogP contribution in [-0.2, 0) is 17.9 Å². The normalized spacial score (nSPS) is 10.5. The van der Waals surface area contributed by atoms with E-state index in [4.69, 9.17) is 9.47 Å². The molecule has 0 bridgehead atoms. The Morgan fingerprint density at radius 3 is 2.62 bits per heavy atom. The van der Waals surface area contributed by atoms with E-state index in [0.29, 0.717) is 13.2 Å². The van der Waals surface area contributed by atoms with Gasteiger partial charge in [-0.2, -0.15) is 0 Å². The highest BCUT2D eigenvalue weighted by atomic mass is 79.9. The molecule has 0 atom stereocenters. The Morgan fingerprint density at radius 2 is 1.90 bits per heavy atom. The molecule has 21 heavy (non-hydrogen) atoms. The lowest BCUT2D eigenvalue weighted by Crippen LogP contribution is -2.05. The van der Waals surface area contributed by atoms with Gasteiger partial charge in [-0.25, -0.2) is 0 Å². The molecular weight excluding hydrogens is 398 g/mol. The Labute approximate surface area is 141 Å². The van der Waals surface area contributed by atoms with E-state index in [1.165, 1.54) is 0 Å². The van der Waals surface area contributed by atoms with E-state index >= 15 is 0 Å². The van der Waals surface area contributed by atoms with Crippen LogP contribution in [0.25, 0.3) is 0 Å². The van der Waals surface area contributed by atoms with Gasteiger partial charge in [0.25, 0.3) is 0 Å². The van der Waals surface area contributed by atoms with E-state index in [0.717, 1.165) is 31.5 Å². The third-order valence-electron chi connectivity index (χ3n) is 3.12. The number of benzene rings is 2. The Hall–Kier alpha value is -1.04. The van der Waals surface area contributed by atoms with Gasteiger partial charge < -0.3 is 14.8 Å². The van der Waals surface area contributed by atoms with Gasteiger partial charge in [0.1, 0.15) is 5.75 Å². The predicted molar refractivity (Wildman–Crippen MR) is 92.9 cm³/mol. The van der Waals surface area contributed by atoms with E-state index in [-0.39, 0.29) is 0 Å². The van der Waals surface area contributed by atoms with Crippen molar-refractivity contribution in [1.29, 1.82) is 0 Å². The molecule has 0 saturated heterocycles. The topological polar surface area (TPSA) is 30.5 Å². The Bertz CT molecular complexity index is 617. The lowest BCUT2D eigenvalue weighted by atomic mass is 10.1. The lowest BCUT2D eigenvalue weighted by molar-refractivity contribution is 0.185. The Balaban J connectivity index is 2.20. The molecule has 0 aliphatic heterocycles. The van der Waals surface area contributed by atoms with E-state index in [2.05, 4.69) is 43.2 Å². The van der Waals surface area contributed by atoms with E-state index in [1.54, 1.807) is 14.2 Å². The van der Waals surface area contributed by atoms with Gasteiger partial charge in [0.15, 0.2) is 0 Å². The first-order chi connectivity index (χ1) is 10.2. The molecule has 0 amide bonds. The molecule has 2 aromatic carbocycles. The maximum absolute atomic E-state index is 5.40. The van der Waals surface area contributed by atoms with Gasteiger partial charge >= 0.3 is 0 Å². The van der Waals surface area contributed by atoms with Crippen molar-refractivity contribution in [3.05, 3.63) is 56.5 Å². The van der Waals surface area contributed by atoms with Crippen LogP contribution in [0.3, 0.4) is 0 Å². The molecule has 0 aliphatic carbocycles. The van der Waals surface area contributed by atoms with Crippen molar-refractivity contribution >= 4 is 37.5 Å². The molecule has 3 nitrogen and oxygen atoms in total. The van der Waals surface area contributed by atoms with Crippen molar-refractivity contribution in [2.24, 2.45) is 0 Å². The molecule has 112 valence electrons. The van der Waals surface area contributed by atoms with Crippen molar-refractivity contribution in [2.45, 2.75) is 13.2 Å². The molecule has 1 N–H and O–H groups in total. The maximum Gasteiger partial charge on any atom is 0.123 e. The van der Waals surface area contributed by atoms with Gasteiger partial charge in [0.2, 0.25) is 0 Å². The molecule has 0 unspecified atom stereocenters. The maximum atomic E-state index is 5.40. The molecule has 0 aromatic heterocycles. The van der Waals surface area contributed by atoms with Crippen LogP contribution >= 0.6 is 31.9 Å². The molecule has 0 spiro atoms. The van der Waals surface area contributed by atoms with E-state index < -0.39 is 0 Å². The van der Waals surface area contributed by atoms with Crippen molar-refractivity contribution in [3.63, 3.8) is 0 Å². The Morgan fingerprint density at radius 1 is 1.10 bits per heavy atom. The van der Waals surface area contributed by atoms with Crippen LogP contribution < -0.4 is 10.1 Å². The van der Waals surface area contributed by atoms with Crippen LogP contribution in [0.4, 0.5) is 5.69 Å². The average molecular weight is 415 g/mol. The Kier molecular flexibility index (Phi) is 6.08. The van der Waals surface area contributed by atoms with Crippen LogP contribution in [0, 0.1) is 0 Å². The first-order valence-electron chi connectivity index (χ1n) is 6.48. The summed E-state index contributed by atoms with van der Waals surface area (Å²) in [6.45, 7) is 1.23. The first-order valence-corrected chi connectivity index (χ1v) is 8.07. The zero-order chi connectivity index (χ0) is 15.2. The molecular formula is C16H17Br2NO2. The largest absolute Gasteiger partial charge is 0.496 e. The summed E-state index contributed by atoms with van der Waals surface area (Å²) in [4.78, 5) is 0. The quantitative estimate of drug-likeness (QED) is 0.722. The summed E-state index contributed by atoms with van der Waals surface area (Å²) in [7, 11) is 3.38. The van der Waals surface area contributed by atoms with Crippen molar-refractivity contribution in [3.8, 4) is 5.75 Å². The fraction of sp³-hybridized carbons (Fsp3) is 0.250. The number of anilines is 1. The summed E-state index contributed by atoms with van der Waals surface area (Å²) < 4.78 is 12.7. The molecule has 0 radical (unpaired) electrons. The molecule has 2 aromatic rings. The van der Waals surface area contributed by atoms with Gasteiger partial charge in [0, 0.05) is 39.4 Å². The van der Waals surface area contributed by atoms with Crippen LogP contribution in [0.1, 0.15) is 11.1 Å². The summed E-state index contributed by atoms with van der Waals surface area (Å²) in [6, 6.07) is 12.0. The summed E-state index contributed by atoms with van der Waals surface area (Å²) in [5.41, 5.74) is 3.25. The monoisotopic (exact) mass is 413 g/mol. The highest BCUT2D eigenvalue weighted by Crippen LogP contribution is 2.28. The smallest absolute Gasteiger partial charge is 0.123 e. The minimum Gasteiger partial charge on any atom is -0.496 e. The second-order valence-corrected chi connectivity index (χ2v) is 6.28. The van der Waals surface area contributed by atoms with Gasteiger partial charge in [-0.15, -0.1) is 0 Å². The fourth-order valence-corrected chi connectivity index (χ4v) is 2.98. The number of hydrogen-bond acceptors (Lipinski definition) is 3. The van der Waals surface area contributed by atoms with Crippen molar-refractivity contribution < 1.29 is 9.47 Å². The van der Waals surface area contributed by atoms with Gasteiger partial charge in [0.05, 0.1) is 13.7 Å². The molecule has 0 heterocycles. The highest BCUT2D eigenvalue weighted by Gasteiger charge is 2.08. The molecule has 2 rings (SSSR count). The minimum absolute atomic E-state index is 0.555. The summed E-state index contributed by atoms with van der Waals surface area (Å²) in [6.07, 6.45) is 0. The number of halogens is 2. The van der Waals surface area contributed by atoms with Gasteiger partial charge in [-0.1, -0.05) is 37.9 Å². The summed E-state index contributed by atoms with van der Waals surface area (Å²) >= 11 is 7.05. The second-order valence-electron chi connectivity index (χ2n) is 4.51. The van der Waals surface area contributed by atoms with E-state index in [1.807, 2.05) is 30.3 Å². The third kappa shape index (κ3) is 4.22. The standard InChI is InChI=1S/C16H17Br2NO2/c1-20-10-13-14(18)4-3-5-15(13)19-9-11-8-12(17)6-7-16(11)21-2/h3-8,19H,9-10H2,1-2H3. The van der Waals surface area contributed by atoms with Crippen LogP contribution in [0.5, 0.6) is 5.75 Å². The van der Waals surface area contributed by atoms with Crippen LogP contribution in [0.2, 0.25) is 0 Å². The number of methoxy groups -OCH3 is 2. The van der Waals surface area contributed by atoms with Gasteiger partial charge in [-0.05, 0) is 30.3 Å². The van der Waals surface area contributed by atoms with Crippen LogP contribution in [0.15, 0.2) is 45.3 Å². The number of hydrogen-bond donors (Lipinski definition) is 1. The SMILES string of the molecule is COCc1c(Br)cccc1NCc1cc(Br)ccc1OC. The third-order valence-corrected chi connectivity index (χ3v) is 4.36. The summed E-state index contributed by atoms with van der Waals surface area (Å²) in [5, 5.41) is 3.45. The minimum atomic E-state index is 0.555. The fourth-order valence-electron chi connectivity index (χ4n) is 2.09. The molecule has 0 fully saturated rings. The highest BCUT2D eigenvalue weighted by molar-refractivity contribution is 9.10. The van der Waals surface area contributed by atoms with Crippen molar-refractivity contribution in [2.75, 3.05) is 19.5 Å². The van der Waals surface area contributed by atoms with Crippen molar-refractivity contribution in [1.82, 2.24) is 0 Å². The van der Waals surface area contributed by atoms with Crippen LogP contribution in [-0.4, -0.2) is 14.2 Å². The average Bonchev–Trinajstić information content (AvgIpc) is 2.48. The lowest BCUT2D eigenvalue weighted by Gasteiger charge is -2.15. The first kappa shape index (κ1) is 16.3. The number of ether oxygens (including phenoxy) is 2. The number of nitrogens with one attached hydrogen (secondary N) is 1. The zero-order valence-electron chi connectivity index (χ0n) is 12.0. The summed E-state index contributed by atoms with van der Waals surface area (Å²) in [5.74, 6) is 0.869. The predicted octanol–water partition coefficient (Wildman–Crippen LogP) is 4.98. The van der Waals surface area contributed by atoms with Gasteiger partial charge in [-0.3, -0.25) is 0 Å². The van der Waals surface area contributed by atoms with E-state index in [9.17, 15) is 0 Å². The molecule has 0 saturated carbocycles. The second kappa shape index (κ2) is 7.82. The molecule has 5 heteroatoms. The zero-order valence-corrected chi connectivity index (χ0v) is 15.1. The molecule has 0 aliphatic rings. The number of rotatable bonds is 6.